The Kier molecular flexibility index (Phi) is 3.80. The number of anilines is 2. The van der Waals surface area contributed by atoms with Crippen LogP contribution < -0.4 is 15.1 Å². The van der Waals surface area contributed by atoms with Gasteiger partial charge in [0.1, 0.15) is 17.9 Å². The van der Waals surface area contributed by atoms with E-state index in [1.807, 2.05) is 24.3 Å². The molecule has 3 fully saturated rings. The first-order chi connectivity index (χ1) is 14.5. The van der Waals surface area contributed by atoms with Crippen LogP contribution in [0.1, 0.15) is 18.4 Å². The van der Waals surface area contributed by atoms with Crippen LogP contribution in [0.15, 0.2) is 46.9 Å². The van der Waals surface area contributed by atoms with Crippen LogP contribution in [0.5, 0.6) is 0 Å². The largest absolute Gasteiger partial charge is 0.318 e. The zero-order valence-corrected chi connectivity index (χ0v) is 18.2. The fraction of sp³-hybridized carbons (Fsp3) is 0.318. The zero-order chi connectivity index (χ0) is 20.8. The van der Waals surface area contributed by atoms with Crippen LogP contribution in [0.3, 0.4) is 0 Å². The summed E-state index contributed by atoms with van der Waals surface area (Å²) in [6.45, 7) is 0.757. The van der Waals surface area contributed by atoms with E-state index in [1.54, 1.807) is 18.2 Å². The quantitative estimate of drug-likeness (QED) is 0.606. The fourth-order valence-electron chi connectivity index (χ4n) is 6.32. The lowest BCUT2D eigenvalue weighted by atomic mass is 9.75. The molecule has 152 valence electrons. The van der Waals surface area contributed by atoms with Crippen molar-refractivity contribution in [2.24, 2.45) is 11.8 Å². The Balaban J connectivity index is 1.59. The molecule has 4 unspecified atom stereocenters. The van der Waals surface area contributed by atoms with Crippen LogP contribution in [0.25, 0.3) is 0 Å². The lowest BCUT2D eigenvalue weighted by Crippen LogP contribution is -3.19. The Morgan fingerprint density at radius 1 is 1.10 bits per heavy atom. The minimum atomic E-state index is -1.12. The van der Waals surface area contributed by atoms with E-state index >= 15 is 0 Å². The summed E-state index contributed by atoms with van der Waals surface area (Å²) >= 11 is 9.87. The van der Waals surface area contributed by atoms with Crippen molar-refractivity contribution in [3.63, 3.8) is 0 Å². The van der Waals surface area contributed by atoms with E-state index in [-0.39, 0.29) is 23.8 Å². The maximum atomic E-state index is 13.8. The van der Waals surface area contributed by atoms with Gasteiger partial charge in [-0.05, 0) is 40.2 Å². The highest BCUT2D eigenvalue weighted by molar-refractivity contribution is 9.10. The highest BCUT2D eigenvalue weighted by Gasteiger charge is 2.78. The molecular weight excluding hydrogens is 470 g/mol. The van der Waals surface area contributed by atoms with Crippen molar-refractivity contribution in [3.05, 3.63) is 57.5 Å². The van der Waals surface area contributed by atoms with Gasteiger partial charge in [-0.1, -0.05) is 29.8 Å². The van der Waals surface area contributed by atoms with Crippen LogP contribution in [-0.4, -0.2) is 30.3 Å². The van der Waals surface area contributed by atoms with Crippen molar-refractivity contribution < 1.29 is 19.3 Å². The van der Waals surface area contributed by atoms with Crippen LogP contribution in [-0.2, 0) is 19.9 Å². The van der Waals surface area contributed by atoms with Crippen molar-refractivity contribution in [1.29, 1.82) is 0 Å². The summed E-state index contributed by atoms with van der Waals surface area (Å²) in [5, 5.41) is 3.40. The molecule has 30 heavy (non-hydrogen) atoms. The van der Waals surface area contributed by atoms with Gasteiger partial charge >= 0.3 is 0 Å². The lowest BCUT2D eigenvalue weighted by molar-refractivity contribution is -0.948. The Labute approximate surface area is 186 Å². The van der Waals surface area contributed by atoms with Gasteiger partial charge in [-0.15, -0.1) is 0 Å². The number of amides is 3. The summed E-state index contributed by atoms with van der Waals surface area (Å²) in [6.07, 6.45) is 1.74. The van der Waals surface area contributed by atoms with E-state index in [9.17, 15) is 14.4 Å². The molecule has 2 N–H and O–H groups in total. The Morgan fingerprint density at radius 2 is 1.90 bits per heavy atom. The first-order valence-corrected chi connectivity index (χ1v) is 11.2. The summed E-state index contributed by atoms with van der Waals surface area (Å²) in [6, 6.07) is 12.6. The van der Waals surface area contributed by atoms with Gasteiger partial charge in [0.25, 0.3) is 5.91 Å². The molecule has 3 saturated heterocycles. The van der Waals surface area contributed by atoms with E-state index in [1.165, 1.54) is 4.90 Å². The standard InChI is InChI=1S/C22H17BrClN3O3/c23-12-6-1-2-8-14(12)27-19(28)16-15-9-4-10-26(15)22(17(16)20(27)29)11-5-3-7-13(24)18(11)25-21(22)30/h1-3,5-8,15-17H,4,9-10H2,(H,25,30)/p+1/t15?,16?,17?,22-/m1/s1. The summed E-state index contributed by atoms with van der Waals surface area (Å²) in [4.78, 5) is 43.4. The number of imide groups is 1. The van der Waals surface area contributed by atoms with Gasteiger partial charge in [-0.25, -0.2) is 4.90 Å². The number of nitrogens with one attached hydrogen (secondary N) is 2. The molecule has 4 aliphatic rings. The number of carbonyl (C=O) groups is 3. The summed E-state index contributed by atoms with van der Waals surface area (Å²) in [7, 11) is 0. The van der Waals surface area contributed by atoms with Crippen LogP contribution >= 0.6 is 27.5 Å². The molecule has 1 spiro atoms. The number of benzene rings is 2. The van der Waals surface area contributed by atoms with E-state index < -0.39 is 17.4 Å². The zero-order valence-electron chi connectivity index (χ0n) is 15.8. The first-order valence-electron chi connectivity index (χ1n) is 10.1. The van der Waals surface area contributed by atoms with Gasteiger partial charge in [0.2, 0.25) is 17.4 Å². The van der Waals surface area contributed by atoms with Gasteiger partial charge in [0, 0.05) is 22.9 Å². The number of hydrogen-bond acceptors (Lipinski definition) is 3. The van der Waals surface area contributed by atoms with Crippen LogP contribution in [0.4, 0.5) is 11.4 Å². The second-order valence-electron chi connectivity index (χ2n) is 8.42. The Morgan fingerprint density at radius 3 is 2.70 bits per heavy atom. The van der Waals surface area contributed by atoms with Gasteiger partial charge in [0.05, 0.1) is 22.9 Å². The molecule has 0 saturated carbocycles. The third kappa shape index (κ3) is 2.01. The minimum absolute atomic E-state index is 0.0605. The summed E-state index contributed by atoms with van der Waals surface area (Å²) in [5.74, 6) is -1.99. The van der Waals surface area contributed by atoms with E-state index in [2.05, 4.69) is 21.2 Å². The molecule has 0 aliphatic carbocycles. The van der Waals surface area contributed by atoms with Crippen molar-refractivity contribution >= 4 is 56.6 Å². The number of hydrogen-bond donors (Lipinski definition) is 2. The summed E-state index contributed by atoms with van der Waals surface area (Å²) < 4.78 is 0.677. The topological polar surface area (TPSA) is 70.9 Å². The second-order valence-corrected chi connectivity index (χ2v) is 9.68. The van der Waals surface area contributed by atoms with Crippen molar-refractivity contribution in [1.82, 2.24) is 0 Å². The molecule has 2 aromatic rings. The smallest absolute Gasteiger partial charge is 0.291 e. The maximum Gasteiger partial charge on any atom is 0.291 e. The number of carbonyl (C=O) groups excluding carboxylic acids is 3. The van der Waals surface area contributed by atoms with E-state index in [0.717, 1.165) is 29.8 Å². The average molecular weight is 488 g/mol. The predicted octanol–water partition coefficient (Wildman–Crippen LogP) is 2.12. The van der Waals surface area contributed by atoms with Crippen LogP contribution in [0.2, 0.25) is 5.02 Å². The number of halogens is 2. The van der Waals surface area contributed by atoms with Gasteiger partial charge in [-0.3, -0.25) is 14.4 Å². The normalized spacial score (nSPS) is 33.8. The van der Waals surface area contributed by atoms with Crippen molar-refractivity contribution in [2.75, 3.05) is 16.8 Å². The third-order valence-corrected chi connectivity index (χ3v) is 8.28. The molecule has 3 amide bonds. The monoisotopic (exact) mass is 486 g/mol. The molecule has 2 aromatic carbocycles. The second kappa shape index (κ2) is 6.15. The molecular formula is C22H18BrClN3O3+. The van der Waals surface area contributed by atoms with Gasteiger partial charge in [0.15, 0.2) is 0 Å². The molecule has 5 atom stereocenters. The summed E-state index contributed by atoms with van der Waals surface area (Å²) in [5.41, 5.74) is 0.725. The Bertz CT molecular complexity index is 1150. The number of nitrogens with zero attached hydrogens (tertiary/aromatic N) is 1. The predicted molar refractivity (Wildman–Crippen MR) is 114 cm³/mol. The number of para-hydroxylation sites is 2. The van der Waals surface area contributed by atoms with E-state index in [4.69, 9.17) is 11.6 Å². The molecule has 0 radical (unpaired) electrons. The number of fused-ring (bicyclic) bond motifs is 7. The highest BCUT2D eigenvalue weighted by atomic mass is 79.9. The minimum Gasteiger partial charge on any atom is -0.318 e. The van der Waals surface area contributed by atoms with Crippen molar-refractivity contribution in [3.8, 4) is 0 Å². The molecule has 6 rings (SSSR count). The molecule has 8 heteroatoms. The highest BCUT2D eigenvalue weighted by Crippen LogP contribution is 2.53. The number of rotatable bonds is 1. The van der Waals surface area contributed by atoms with E-state index in [0.29, 0.717) is 20.9 Å². The molecule has 4 aliphatic heterocycles. The third-order valence-electron chi connectivity index (χ3n) is 7.29. The SMILES string of the molecule is O=C1C2C3CCC[NH+]3[C@@]3(C(=O)Nc4c(Cl)cccc43)C2C(=O)N1c1ccccc1Br. The first kappa shape index (κ1) is 18.5. The molecule has 4 heterocycles. The molecule has 0 aromatic heterocycles. The molecule has 0 bridgehead atoms. The molecule has 6 nitrogen and oxygen atoms in total. The maximum absolute atomic E-state index is 13.8. The van der Waals surface area contributed by atoms with Crippen molar-refractivity contribution in [2.45, 2.75) is 24.4 Å². The lowest BCUT2D eigenvalue weighted by Gasteiger charge is -2.33. The fourth-order valence-corrected chi connectivity index (χ4v) is 7.01. The average Bonchev–Trinajstić information content (AvgIpc) is 3.42. The van der Waals surface area contributed by atoms with Crippen LogP contribution in [0, 0.1) is 11.8 Å². The number of quaternary nitrogens is 1. The van der Waals surface area contributed by atoms with Gasteiger partial charge in [-0.2, -0.15) is 0 Å². The van der Waals surface area contributed by atoms with Gasteiger partial charge < -0.3 is 10.2 Å². The Hall–Kier alpha value is -2.22.